The first-order valence-corrected chi connectivity index (χ1v) is 14.8. The van der Waals surface area contributed by atoms with Crippen LogP contribution in [0.1, 0.15) is 69.9 Å². The van der Waals surface area contributed by atoms with Gasteiger partial charge in [0.15, 0.2) is 0 Å². The van der Waals surface area contributed by atoms with E-state index in [1.54, 1.807) is 19.2 Å². The first-order valence-electron chi connectivity index (χ1n) is 14.1. The summed E-state index contributed by atoms with van der Waals surface area (Å²) in [7, 11) is 3.49. The predicted octanol–water partition coefficient (Wildman–Crippen LogP) is 4.47. The highest BCUT2D eigenvalue weighted by molar-refractivity contribution is 7.99. The van der Waals surface area contributed by atoms with Gasteiger partial charge in [0.25, 0.3) is 0 Å². The van der Waals surface area contributed by atoms with Crippen molar-refractivity contribution in [2.24, 2.45) is 27.0 Å². The number of likely N-dealkylation sites (N-methyl/N-ethyl adjacent to an activating group) is 1. The van der Waals surface area contributed by atoms with Crippen molar-refractivity contribution >= 4 is 23.6 Å². The van der Waals surface area contributed by atoms with E-state index in [4.69, 9.17) is 14.3 Å². The zero-order chi connectivity index (χ0) is 29.1. The van der Waals surface area contributed by atoms with E-state index < -0.39 is 10.7 Å². The summed E-state index contributed by atoms with van der Waals surface area (Å²) in [5, 5.41) is 25.3. The lowest BCUT2D eigenvalue weighted by atomic mass is 9.55. The molecular weight excluding hydrogens is 534 g/mol. The van der Waals surface area contributed by atoms with Gasteiger partial charge in [0, 0.05) is 41.8 Å². The van der Waals surface area contributed by atoms with E-state index in [0.717, 1.165) is 54.5 Å². The lowest BCUT2D eigenvalue weighted by molar-refractivity contribution is -0.149. The SMILES string of the molecule is COCC(N(C)CCOC(=O)CO/N=C1\CC2C3CCC(O)C3(C)CC[C@@H]2c2ccc(O)cc21)C(C)(C)SN=O. The number of nitroso groups, excluding NO2 is 1. The zero-order valence-electron chi connectivity index (χ0n) is 24.2. The van der Waals surface area contributed by atoms with Gasteiger partial charge in [-0.3, -0.25) is 4.90 Å². The second-order valence-electron chi connectivity index (χ2n) is 12.2. The first-order chi connectivity index (χ1) is 19.0. The Bertz CT molecular complexity index is 1100. The van der Waals surface area contributed by atoms with E-state index in [1.165, 1.54) is 0 Å². The molecule has 0 heterocycles. The third-order valence-corrected chi connectivity index (χ3v) is 10.4. The normalized spacial score (nSPS) is 29.4. The molecule has 0 bridgehead atoms. The topological polar surface area (TPSA) is 130 Å². The Morgan fingerprint density at radius 2 is 2.08 bits per heavy atom. The number of esters is 1. The zero-order valence-corrected chi connectivity index (χ0v) is 25.0. The van der Waals surface area contributed by atoms with E-state index in [1.807, 2.05) is 31.9 Å². The summed E-state index contributed by atoms with van der Waals surface area (Å²) in [5.74, 6) is 0.714. The molecule has 0 amide bonds. The summed E-state index contributed by atoms with van der Waals surface area (Å²) in [5.41, 5.74) is 2.66. The number of fused-ring (bicyclic) bond motifs is 5. The maximum absolute atomic E-state index is 12.4. The van der Waals surface area contributed by atoms with Gasteiger partial charge in [-0.05, 0) is 93.9 Å². The highest BCUT2D eigenvalue weighted by Crippen LogP contribution is 2.61. The maximum Gasteiger partial charge on any atom is 0.347 e. The number of aliphatic hydroxyl groups excluding tert-OH is 1. The number of oxime groups is 1. The number of ether oxygens (including phenoxy) is 2. The molecular formula is C29H43N3O7S. The number of carbonyl (C=O) groups excluding carboxylic acids is 1. The average Bonchev–Trinajstić information content (AvgIpc) is 3.21. The van der Waals surface area contributed by atoms with Crippen molar-refractivity contribution in [2.45, 2.75) is 75.7 Å². The lowest BCUT2D eigenvalue weighted by Crippen LogP contribution is -2.49. The Labute approximate surface area is 240 Å². The molecule has 5 unspecified atom stereocenters. The van der Waals surface area contributed by atoms with Crippen molar-refractivity contribution in [1.82, 2.24) is 4.90 Å². The molecule has 1 aromatic rings. The van der Waals surface area contributed by atoms with Gasteiger partial charge >= 0.3 is 5.97 Å². The van der Waals surface area contributed by atoms with Crippen LogP contribution in [0, 0.1) is 22.2 Å². The minimum Gasteiger partial charge on any atom is -0.508 e. The minimum absolute atomic E-state index is 0.0849. The van der Waals surface area contributed by atoms with Crippen LogP contribution in [-0.2, 0) is 19.1 Å². The first kappa shape index (κ1) is 30.7. The molecule has 3 aliphatic carbocycles. The van der Waals surface area contributed by atoms with Crippen LogP contribution in [0.25, 0.3) is 0 Å². The Balaban J connectivity index is 1.36. The van der Waals surface area contributed by atoms with Gasteiger partial charge in [0.1, 0.15) is 12.4 Å². The quantitative estimate of drug-likeness (QED) is 0.160. The van der Waals surface area contributed by atoms with Crippen LogP contribution in [-0.4, -0.2) is 84.2 Å². The van der Waals surface area contributed by atoms with Gasteiger partial charge in [-0.15, -0.1) is 4.91 Å². The van der Waals surface area contributed by atoms with E-state index in [2.05, 4.69) is 16.7 Å². The monoisotopic (exact) mass is 577 g/mol. The van der Waals surface area contributed by atoms with Crippen LogP contribution >= 0.6 is 11.9 Å². The number of hydrogen-bond acceptors (Lipinski definition) is 11. The number of carbonyl (C=O) groups is 1. The predicted molar refractivity (Wildman–Crippen MR) is 154 cm³/mol. The Morgan fingerprint density at radius 1 is 1.30 bits per heavy atom. The molecule has 11 heteroatoms. The molecule has 0 radical (unpaired) electrons. The fraction of sp³-hybridized carbons (Fsp3) is 0.724. The second kappa shape index (κ2) is 12.8. The van der Waals surface area contributed by atoms with Crippen molar-refractivity contribution in [3.63, 3.8) is 0 Å². The highest BCUT2D eigenvalue weighted by atomic mass is 32.2. The van der Waals surface area contributed by atoms with Crippen LogP contribution in [0.3, 0.4) is 0 Å². The molecule has 3 aliphatic rings. The molecule has 2 fully saturated rings. The molecule has 0 aromatic heterocycles. The van der Waals surface area contributed by atoms with Crippen LogP contribution in [0.15, 0.2) is 27.9 Å². The maximum atomic E-state index is 12.4. The van der Waals surface area contributed by atoms with Crippen LogP contribution in [0.2, 0.25) is 0 Å². The van der Waals surface area contributed by atoms with Crippen LogP contribution in [0.5, 0.6) is 5.75 Å². The van der Waals surface area contributed by atoms with Crippen LogP contribution < -0.4 is 0 Å². The molecule has 10 nitrogen and oxygen atoms in total. The van der Waals surface area contributed by atoms with Crippen molar-refractivity contribution < 1.29 is 29.3 Å². The second-order valence-corrected chi connectivity index (χ2v) is 13.6. The molecule has 0 aliphatic heterocycles. The molecule has 0 spiro atoms. The van der Waals surface area contributed by atoms with Gasteiger partial charge in [0.05, 0.1) is 23.2 Å². The van der Waals surface area contributed by atoms with Gasteiger partial charge in [-0.1, -0.05) is 18.1 Å². The Morgan fingerprint density at radius 3 is 2.80 bits per heavy atom. The number of methoxy groups -OCH3 is 1. The molecule has 1 aromatic carbocycles. The average molecular weight is 578 g/mol. The number of aliphatic hydroxyl groups is 1. The molecule has 2 saturated carbocycles. The van der Waals surface area contributed by atoms with Crippen molar-refractivity contribution in [1.29, 1.82) is 0 Å². The fourth-order valence-corrected chi connectivity index (χ4v) is 7.87. The number of hydrogen-bond donors (Lipinski definition) is 2. The molecule has 222 valence electrons. The molecule has 40 heavy (non-hydrogen) atoms. The lowest BCUT2D eigenvalue weighted by Gasteiger charge is -2.50. The van der Waals surface area contributed by atoms with Crippen molar-refractivity contribution in [3.05, 3.63) is 34.2 Å². The largest absolute Gasteiger partial charge is 0.508 e. The Hall–Kier alpha value is -2.21. The summed E-state index contributed by atoms with van der Waals surface area (Å²) >= 11 is 0.959. The molecule has 6 atom stereocenters. The van der Waals surface area contributed by atoms with E-state index in [-0.39, 0.29) is 36.5 Å². The number of phenolic OH excluding ortho intramolecular Hbond substituents is 1. The third-order valence-electron chi connectivity index (χ3n) is 9.56. The summed E-state index contributed by atoms with van der Waals surface area (Å²) in [4.78, 5) is 30.7. The molecule has 4 rings (SSSR count). The summed E-state index contributed by atoms with van der Waals surface area (Å²) < 4.78 is 13.2. The van der Waals surface area contributed by atoms with Crippen molar-refractivity contribution in [3.8, 4) is 5.75 Å². The van der Waals surface area contributed by atoms with E-state index in [9.17, 15) is 19.9 Å². The summed E-state index contributed by atoms with van der Waals surface area (Å²) in [6.45, 7) is 6.73. The third kappa shape index (κ3) is 6.32. The van der Waals surface area contributed by atoms with Gasteiger partial charge in [-0.2, -0.15) is 0 Å². The van der Waals surface area contributed by atoms with Gasteiger partial charge in [-0.25, -0.2) is 4.79 Å². The smallest absolute Gasteiger partial charge is 0.347 e. The fourth-order valence-electron chi connectivity index (χ4n) is 7.31. The minimum atomic E-state index is -0.529. The van der Waals surface area contributed by atoms with Gasteiger partial charge < -0.3 is 24.5 Å². The number of benzene rings is 1. The molecule has 2 N–H and O–H groups in total. The summed E-state index contributed by atoms with van der Waals surface area (Å²) in [6, 6.07) is 5.32. The Kier molecular flexibility index (Phi) is 9.80. The summed E-state index contributed by atoms with van der Waals surface area (Å²) in [6.07, 6.45) is 4.20. The standard InChI is InChI=1S/C29H43N3O7S/c1-28(2,40-31-36)25(16-37-5)32(4)12-13-38-27(35)17-39-30-24-15-21-20(19-7-6-18(33)14-22(19)24)10-11-29(3)23(21)8-9-26(29)34/h6-7,14,20-21,23,25-26,33-34H,8-13,15-17H2,1-5H3/b30-24+/t20-,21?,23?,25?,26?,29?/m1/s1. The number of rotatable bonds is 12. The number of phenols is 1. The highest BCUT2D eigenvalue weighted by Gasteiger charge is 2.55. The van der Waals surface area contributed by atoms with Gasteiger partial charge in [0.2, 0.25) is 6.61 Å². The molecule has 0 saturated heterocycles. The number of nitrogens with zero attached hydrogens (tertiary/aromatic N) is 3. The van der Waals surface area contributed by atoms with Crippen molar-refractivity contribution in [2.75, 3.05) is 40.5 Å². The number of aromatic hydroxyl groups is 1. The van der Waals surface area contributed by atoms with Crippen LogP contribution in [0.4, 0.5) is 0 Å². The van der Waals surface area contributed by atoms with E-state index >= 15 is 0 Å². The van der Waals surface area contributed by atoms with E-state index in [0.29, 0.717) is 37.3 Å².